The topological polar surface area (TPSA) is 66.9 Å². The third-order valence-corrected chi connectivity index (χ3v) is 3.39. The standard InChI is InChI=1S/C16H16ClF3N4O/c1-3-6-21-14(25)13-7-9(2)22-15(24-13)23-12-5-4-10(17)8-11(12)16(18,19)20/h4-5,7-8H,3,6H2,1-2H3,(H,21,25)(H,22,23,24). The zero-order chi connectivity index (χ0) is 18.6. The van der Waals surface area contributed by atoms with Gasteiger partial charge in [0.15, 0.2) is 0 Å². The van der Waals surface area contributed by atoms with Crippen molar-refractivity contribution in [2.75, 3.05) is 11.9 Å². The minimum absolute atomic E-state index is 0.0392. The lowest BCUT2D eigenvalue weighted by molar-refractivity contribution is -0.136. The van der Waals surface area contributed by atoms with E-state index < -0.39 is 17.6 Å². The van der Waals surface area contributed by atoms with Gasteiger partial charge >= 0.3 is 6.18 Å². The summed E-state index contributed by atoms with van der Waals surface area (Å²) in [6.45, 7) is 3.99. The molecule has 0 atom stereocenters. The molecule has 2 N–H and O–H groups in total. The summed E-state index contributed by atoms with van der Waals surface area (Å²) >= 11 is 5.65. The molecule has 0 aliphatic carbocycles. The Morgan fingerprint density at radius 3 is 2.60 bits per heavy atom. The van der Waals surface area contributed by atoms with Crippen LogP contribution in [0.2, 0.25) is 5.02 Å². The fourth-order valence-electron chi connectivity index (χ4n) is 2.05. The average molecular weight is 373 g/mol. The van der Waals surface area contributed by atoms with Gasteiger partial charge in [0.05, 0.1) is 11.3 Å². The number of carbonyl (C=O) groups excluding carboxylic acids is 1. The molecule has 0 aliphatic heterocycles. The highest BCUT2D eigenvalue weighted by atomic mass is 35.5. The number of nitrogens with one attached hydrogen (secondary N) is 2. The van der Waals surface area contributed by atoms with Crippen LogP contribution in [0.4, 0.5) is 24.8 Å². The van der Waals surface area contributed by atoms with Crippen LogP contribution in [0.1, 0.15) is 35.1 Å². The smallest absolute Gasteiger partial charge is 0.351 e. The maximum Gasteiger partial charge on any atom is 0.418 e. The van der Waals surface area contributed by atoms with E-state index in [-0.39, 0.29) is 22.4 Å². The van der Waals surface area contributed by atoms with Crippen LogP contribution in [0.25, 0.3) is 0 Å². The summed E-state index contributed by atoms with van der Waals surface area (Å²) in [5.74, 6) is -0.517. The van der Waals surface area contributed by atoms with Gasteiger partial charge in [-0.2, -0.15) is 13.2 Å². The van der Waals surface area contributed by atoms with Crippen molar-refractivity contribution in [3.05, 3.63) is 46.2 Å². The summed E-state index contributed by atoms with van der Waals surface area (Å²) in [5.41, 5.74) is -0.669. The zero-order valence-electron chi connectivity index (χ0n) is 13.5. The Balaban J connectivity index is 2.35. The molecule has 25 heavy (non-hydrogen) atoms. The number of rotatable bonds is 5. The van der Waals surface area contributed by atoms with E-state index in [0.717, 1.165) is 12.5 Å². The molecular formula is C16H16ClF3N4O. The van der Waals surface area contributed by atoms with E-state index in [2.05, 4.69) is 20.6 Å². The van der Waals surface area contributed by atoms with Crippen LogP contribution < -0.4 is 10.6 Å². The quantitative estimate of drug-likeness (QED) is 0.819. The molecule has 0 spiro atoms. The molecule has 134 valence electrons. The molecule has 1 aromatic heterocycles. The maximum absolute atomic E-state index is 13.2. The number of hydrogen-bond donors (Lipinski definition) is 2. The van der Waals surface area contributed by atoms with E-state index >= 15 is 0 Å². The van der Waals surface area contributed by atoms with Gasteiger partial charge in [-0.25, -0.2) is 9.97 Å². The third-order valence-electron chi connectivity index (χ3n) is 3.16. The number of alkyl halides is 3. The molecule has 2 rings (SSSR count). The van der Waals surface area contributed by atoms with Crippen LogP contribution >= 0.6 is 11.6 Å². The minimum atomic E-state index is -4.60. The molecular weight excluding hydrogens is 357 g/mol. The molecule has 1 heterocycles. The van der Waals surface area contributed by atoms with E-state index in [1.54, 1.807) is 6.92 Å². The van der Waals surface area contributed by atoms with Gasteiger partial charge in [-0.05, 0) is 37.6 Å². The lowest BCUT2D eigenvalue weighted by atomic mass is 10.1. The first-order valence-corrected chi connectivity index (χ1v) is 7.86. The maximum atomic E-state index is 13.2. The summed E-state index contributed by atoms with van der Waals surface area (Å²) in [6, 6.07) is 4.79. The molecule has 0 unspecified atom stereocenters. The van der Waals surface area contributed by atoms with Crippen molar-refractivity contribution in [1.29, 1.82) is 0 Å². The molecule has 0 saturated carbocycles. The van der Waals surface area contributed by atoms with E-state index in [1.165, 1.54) is 18.2 Å². The molecule has 0 fully saturated rings. The molecule has 0 saturated heterocycles. The van der Waals surface area contributed by atoms with Crippen molar-refractivity contribution in [3.63, 3.8) is 0 Å². The van der Waals surface area contributed by atoms with Gasteiger partial charge in [-0.1, -0.05) is 18.5 Å². The number of aryl methyl sites for hydroxylation is 1. The van der Waals surface area contributed by atoms with Crippen molar-refractivity contribution in [2.24, 2.45) is 0 Å². The van der Waals surface area contributed by atoms with E-state index in [9.17, 15) is 18.0 Å². The third kappa shape index (κ3) is 5.06. The molecule has 1 aromatic carbocycles. The van der Waals surface area contributed by atoms with Crippen molar-refractivity contribution in [3.8, 4) is 0 Å². The molecule has 1 amide bonds. The number of anilines is 2. The van der Waals surface area contributed by atoms with Crippen LogP contribution in [0.15, 0.2) is 24.3 Å². The zero-order valence-corrected chi connectivity index (χ0v) is 14.3. The van der Waals surface area contributed by atoms with E-state index in [0.29, 0.717) is 12.2 Å². The fraction of sp³-hybridized carbons (Fsp3) is 0.312. The van der Waals surface area contributed by atoms with Crippen LogP contribution in [0.5, 0.6) is 0 Å². The number of aromatic nitrogens is 2. The SMILES string of the molecule is CCCNC(=O)c1cc(C)nc(Nc2ccc(Cl)cc2C(F)(F)F)n1. The molecule has 5 nitrogen and oxygen atoms in total. The Labute approximate surface area is 147 Å². The lowest BCUT2D eigenvalue weighted by Crippen LogP contribution is -2.25. The molecule has 2 aromatic rings. The van der Waals surface area contributed by atoms with Crippen molar-refractivity contribution < 1.29 is 18.0 Å². The number of amides is 1. The van der Waals surface area contributed by atoms with Gasteiger partial charge < -0.3 is 10.6 Å². The highest BCUT2D eigenvalue weighted by Gasteiger charge is 2.34. The van der Waals surface area contributed by atoms with Crippen LogP contribution in [-0.2, 0) is 6.18 Å². The summed E-state index contributed by atoms with van der Waals surface area (Å²) in [4.78, 5) is 20.0. The van der Waals surface area contributed by atoms with E-state index in [1.807, 2.05) is 6.92 Å². The van der Waals surface area contributed by atoms with Gasteiger partial charge in [0.2, 0.25) is 5.95 Å². The fourth-order valence-corrected chi connectivity index (χ4v) is 2.22. The van der Waals surface area contributed by atoms with Crippen molar-refractivity contribution in [1.82, 2.24) is 15.3 Å². The normalized spacial score (nSPS) is 11.3. The summed E-state index contributed by atoms with van der Waals surface area (Å²) in [6.07, 6.45) is -3.85. The summed E-state index contributed by atoms with van der Waals surface area (Å²) in [5, 5.41) is 5.13. The Morgan fingerprint density at radius 1 is 1.24 bits per heavy atom. The highest BCUT2D eigenvalue weighted by molar-refractivity contribution is 6.30. The van der Waals surface area contributed by atoms with E-state index in [4.69, 9.17) is 11.6 Å². The van der Waals surface area contributed by atoms with Gasteiger partial charge in [-0.15, -0.1) is 0 Å². The van der Waals surface area contributed by atoms with Crippen LogP contribution in [-0.4, -0.2) is 22.4 Å². The van der Waals surface area contributed by atoms with Gasteiger partial charge in [0.1, 0.15) is 5.69 Å². The van der Waals surface area contributed by atoms with Gasteiger partial charge in [0.25, 0.3) is 5.91 Å². The highest BCUT2D eigenvalue weighted by Crippen LogP contribution is 2.37. The Bertz CT molecular complexity index is 780. The first-order chi connectivity index (χ1) is 11.7. The number of nitrogens with zero attached hydrogens (tertiary/aromatic N) is 2. The molecule has 0 bridgehead atoms. The second-order valence-corrected chi connectivity index (χ2v) is 5.72. The number of hydrogen-bond acceptors (Lipinski definition) is 4. The largest absolute Gasteiger partial charge is 0.418 e. The van der Waals surface area contributed by atoms with Crippen molar-refractivity contribution >= 4 is 29.1 Å². The average Bonchev–Trinajstić information content (AvgIpc) is 2.52. The summed E-state index contributed by atoms with van der Waals surface area (Å²) < 4.78 is 39.5. The molecule has 0 radical (unpaired) electrons. The monoisotopic (exact) mass is 372 g/mol. The Kier molecular flexibility index (Phi) is 5.84. The second kappa shape index (κ2) is 7.69. The Hall–Kier alpha value is -2.35. The first-order valence-electron chi connectivity index (χ1n) is 7.48. The van der Waals surface area contributed by atoms with Gasteiger partial charge in [-0.3, -0.25) is 4.79 Å². The summed E-state index contributed by atoms with van der Waals surface area (Å²) in [7, 11) is 0. The van der Waals surface area contributed by atoms with Crippen molar-refractivity contribution in [2.45, 2.75) is 26.4 Å². The van der Waals surface area contributed by atoms with Crippen LogP contribution in [0, 0.1) is 6.92 Å². The Morgan fingerprint density at radius 2 is 1.96 bits per heavy atom. The predicted molar refractivity (Wildman–Crippen MR) is 89.1 cm³/mol. The second-order valence-electron chi connectivity index (χ2n) is 5.29. The van der Waals surface area contributed by atoms with Crippen LogP contribution in [0.3, 0.4) is 0 Å². The minimum Gasteiger partial charge on any atom is -0.351 e. The number of carbonyl (C=O) groups is 1. The first kappa shape index (κ1) is 19.0. The van der Waals surface area contributed by atoms with Gasteiger partial charge in [0, 0.05) is 17.3 Å². The molecule has 9 heteroatoms. The predicted octanol–water partition coefficient (Wildman–Crippen LogP) is 4.34. The molecule has 0 aliphatic rings. The number of benzene rings is 1. The number of halogens is 4. The lowest BCUT2D eigenvalue weighted by Gasteiger charge is -2.14.